The van der Waals surface area contributed by atoms with Crippen molar-refractivity contribution in [2.45, 2.75) is 65.0 Å². The number of ether oxygens (including phenoxy) is 2. The van der Waals surface area contributed by atoms with Gasteiger partial charge in [0.25, 0.3) is 5.91 Å². The number of amides is 2. The van der Waals surface area contributed by atoms with Crippen LogP contribution in [0.3, 0.4) is 0 Å². The van der Waals surface area contributed by atoms with Gasteiger partial charge < -0.3 is 25.1 Å². The van der Waals surface area contributed by atoms with E-state index in [0.717, 1.165) is 32.1 Å². The second-order valence-corrected chi connectivity index (χ2v) is 11.0. The molecule has 9 nitrogen and oxygen atoms in total. The van der Waals surface area contributed by atoms with E-state index in [1.165, 1.54) is 13.4 Å². The van der Waals surface area contributed by atoms with E-state index >= 15 is 4.39 Å². The van der Waals surface area contributed by atoms with Gasteiger partial charge in [-0.3, -0.25) is 9.59 Å². The van der Waals surface area contributed by atoms with Crippen LogP contribution in [-0.2, 0) is 9.53 Å². The highest BCUT2D eigenvalue weighted by atomic mass is 19.1. The number of fused-ring (bicyclic) bond motifs is 1. The zero-order valence-electron chi connectivity index (χ0n) is 22.9. The molecule has 2 aliphatic carbocycles. The van der Waals surface area contributed by atoms with Gasteiger partial charge in [0.2, 0.25) is 5.91 Å². The van der Waals surface area contributed by atoms with Crippen LogP contribution in [0.25, 0.3) is 22.3 Å². The van der Waals surface area contributed by atoms with Crippen molar-refractivity contribution in [3.63, 3.8) is 0 Å². The number of aromatic amines is 1. The minimum atomic E-state index is -0.398. The summed E-state index contributed by atoms with van der Waals surface area (Å²) in [7, 11) is 1.49. The molecule has 10 heteroatoms. The lowest BCUT2D eigenvalue weighted by molar-refractivity contribution is -0.125. The molecule has 208 valence electrons. The first kappa shape index (κ1) is 27.1. The predicted octanol–water partition coefficient (Wildman–Crippen LogP) is 4.22. The predicted molar refractivity (Wildman–Crippen MR) is 145 cm³/mol. The molecule has 39 heavy (non-hydrogen) atoms. The molecule has 2 heterocycles. The summed E-state index contributed by atoms with van der Waals surface area (Å²) >= 11 is 0. The largest absolute Gasteiger partial charge is 0.492 e. The highest BCUT2D eigenvalue weighted by Crippen LogP contribution is 2.39. The minimum Gasteiger partial charge on any atom is -0.492 e. The van der Waals surface area contributed by atoms with Gasteiger partial charge in [0, 0.05) is 24.9 Å². The molecule has 0 radical (unpaired) electrons. The number of nitrogens with one attached hydrogen (secondary N) is 3. The number of hydrogen-bond acceptors (Lipinski definition) is 6. The molecule has 0 saturated heterocycles. The Balaban J connectivity index is 1.39. The van der Waals surface area contributed by atoms with E-state index in [1.807, 2.05) is 6.92 Å². The average Bonchev–Trinajstić information content (AvgIpc) is 3.66. The number of carbonyl (C=O) groups is 2. The van der Waals surface area contributed by atoms with Crippen LogP contribution in [-0.4, -0.2) is 59.2 Å². The SMILES string of the molecule is COCC(=O)N[C@@H]1CC[C@@H](NC(=O)c2c(C)[nH]c3c(-c4c(OCC5CC5)ccc(C)c4F)ncnc23)[C@H](C)C1. The Morgan fingerprint density at radius 3 is 2.64 bits per heavy atom. The van der Waals surface area contributed by atoms with Crippen LogP contribution >= 0.6 is 0 Å². The van der Waals surface area contributed by atoms with Crippen LogP contribution in [0.2, 0.25) is 0 Å². The van der Waals surface area contributed by atoms with E-state index in [2.05, 4.69) is 32.5 Å². The first-order valence-corrected chi connectivity index (χ1v) is 13.6. The van der Waals surface area contributed by atoms with E-state index < -0.39 is 5.82 Å². The lowest BCUT2D eigenvalue weighted by Gasteiger charge is -2.35. The average molecular weight is 538 g/mol. The number of methoxy groups -OCH3 is 1. The van der Waals surface area contributed by atoms with Crippen LogP contribution in [0.5, 0.6) is 5.75 Å². The summed E-state index contributed by atoms with van der Waals surface area (Å²) in [4.78, 5) is 37.5. The molecule has 0 spiro atoms. The maximum atomic E-state index is 15.5. The van der Waals surface area contributed by atoms with Crippen LogP contribution in [0.4, 0.5) is 4.39 Å². The number of nitrogens with zero attached hydrogens (tertiary/aromatic N) is 2. The molecule has 5 rings (SSSR count). The zero-order valence-corrected chi connectivity index (χ0v) is 22.9. The maximum absolute atomic E-state index is 15.5. The summed E-state index contributed by atoms with van der Waals surface area (Å²) in [6, 6.07) is 3.50. The highest BCUT2D eigenvalue weighted by molar-refractivity contribution is 6.09. The Labute approximate surface area is 227 Å². The first-order valence-electron chi connectivity index (χ1n) is 13.6. The molecule has 0 aliphatic heterocycles. The van der Waals surface area contributed by atoms with Gasteiger partial charge in [-0.15, -0.1) is 0 Å². The standard InChI is InChI=1S/C29H36FN5O4/c1-15-5-10-21(39-12-18-6-7-18)24(25(15)30)27-28-26(31-14-32-27)23(17(3)33-28)29(37)35-20-9-8-19(11-16(20)2)34-22(36)13-38-4/h5,10,14,16,18-20,33H,6-9,11-13H2,1-4H3,(H,34,36)(H,35,37)/t16-,19-,20-/m1/s1. The Morgan fingerprint density at radius 1 is 1.13 bits per heavy atom. The van der Waals surface area contributed by atoms with Crippen molar-refractivity contribution in [3.05, 3.63) is 41.1 Å². The fourth-order valence-electron chi connectivity index (χ4n) is 5.47. The monoisotopic (exact) mass is 537 g/mol. The molecular weight excluding hydrogens is 501 g/mol. The second kappa shape index (κ2) is 11.3. The van der Waals surface area contributed by atoms with Crippen LogP contribution < -0.4 is 15.4 Å². The number of H-pyrrole nitrogens is 1. The van der Waals surface area contributed by atoms with E-state index in [9.17, 15) is 9.59 Å². The van der Waals surface area contributed by atoms with Gasteiger partial charge in [-0.1, -0.05) is 13.0 Å². The lowest BCUT2D eigenvalue weighted by atomic mass is 9.82. The number of halogens is 1. The van der Waals surface area contributed by atoms with Crippen molar-refractivity contribution in [1.82, 2.24) is 25.6 Å². The molecule has 3 atom stereocenters. The van der Waals surface area contributed by atoms with Gasteiger partial charge in [-0.25, -0.2) is 14.4 Å². The van der Waals surface area contributed by atoms with Crippen LogP contribution in [0, 0.1) is 31.5 Å². The van der Waals surface area contributed by atoms with Crippen molar-refractivity contribution >= 4 is 22.8 Å². The van der Waals surface area contributed by atoms with Crippen molar-refractivity contribution in [2.24, 2.45) is 11.8 Å². The van der Waals surface area contributed by atoms with Gasteiger partial charge >= 0.3 is 0 Å². The zero-order chi connectivity index (χ0) is 27.7. The molecule has 2 saturated carbocycles. The number of benzene rings is 1. The molecule has 3 N–H and O–H groups in total. The van der Waals surface area contributed by atoms with Crippen molar-refractivity contribution in [3.8, 4) is 17.0 Å². The summed E-state index contributed by atoms with van der Waals surface area (Å²) in [5.74, 6) is 0.343. The normalized spacial score (nSPS) is 21.1. The molecule has 2 amide bonds. The van der Waals surface area contributed by atoms with E-state index in [-0.39, 0.29) is 42.0 Å². The summed E-state index contributed by atoms with van der Waals surface area (Å²) < 4.78 is 26.4. The molecule has 0 bridgehead atoms. The fourth-order valence-corrected chi connectivity index (χ4v) is 5.47. The van der Waals surface area contributed by atoms with E-state index in [0.29, 0.717) is 51.8 Å². The molecule has 0 unspecified atom stereocenters. The summed E-state index contributed by atoms with van der Waals surface area (Å²) in [6.45, 7) is 6.17. The maximum Gasteiger partial charge on any atom is 0.255 e. The van der Waals surface area contributed by atoms with E-state index in [4.69, 9.17) is 9.47 Å². The van der Waals surface area contributed by atoms with Gasteiger partial charge in [0.15, 0.2) is 0 Å². The van der Waals surface area contributed by atoms with Gasteiger partial charge in [0.1, 0.15) is 35.7 Å². The smallest absolute Gasteiger partial charge is 0.255 e. The summed E-state index contributed by atoms with van der Waals surface area (Å²) in [5.41, 5.74) is 3.12. The molecule has 2 fully saturated rings. The highest BCUT2D eigenvalue weighted by Gasteiger charge is 2.32. The van der Waals surface area contributed by atoms with Crippen LogP contribution in [0.15, 0.2) is 18.5 Å². The fraction of sp³-hybridized carbons (Fsp3) is 0.517. The van der Waals surface area contributed by atoms with E-state index in [1.54, 1.807) is 19.1 Å². The third-order valence-electron chi connectivity index (χ3n) is 7.83. The molecule has 3 aromatic rings. The van der Waals surface area contributed by atoms with Crippen LogP contribution in [0.1, 0.15) is 60.6 Å². The third-order valence-corrected chi connectivity index (χ3v) is 7.83. The first-order chi connectivity index (χ1) is 18.8. The number of rotatable bonds is 9. The van der Waals surface area contributed by atoms with Gasteiger partial charge in [-0.2, -0.15) is 0 Å². The third kappa shape index (κ3) is 5.75. The van der Waals surface area contributed by atoms with Crippen molar-refractivity contribution < 1.29 is 23.5 Å². The Morgan fingerprint density at radius 2 is 1.92 bits per heavy atom. The molecule has 2 aromatic heterocycles. The van der Waals surface area contributed by atoms with Gasteiger partial charge in [0.05, 0.1) is 23.3 Å². The number of carbonyl (C=O) groups excluding carboxylic acids is 2. The Hall–Kier alpha value is -3.53. The topological polar surface area (TPSA) is 118 Å². The summed E-state index contributed by atoms with van der Waals surface area (Å²) in [5, 5.41) is 6.18. The molecular formula is C29H36FN5O4. The number of hydrogen-bond donors (Lipinski definition) is 3. The Kier molecular flexibility index (Phi) is 7.83. The lowest BCUT2D eigenvalue weighted by Crippen LogP contribution is -2.48. The number of aryl methyl sites for hydroxylation is 2. The van der Waals surface area contributed by atoms with Crippen molar-refractivity contribution in [2.75, 3.05) is 20.3 Å². The molecule has 2 aliphatic rings. The number of aromatic nitrogens is 3. The van der Waals surface area contributed by atoms with Gasteiger partial charge in [-0.05, 0) is 69.4 Å². The second-order valence-electron chi connectivity index (χ2n) is 11.0. The molecule has 1 aromatic carbocycles. The minimum absolute atomic E-state index is 0.0370. The van der Waals surface area contributed by atoms with Crippen molar-refractivity contribution in [1.29, 1.82) is 0 Å². The summed E-state index contributed by atoms with van der Waals surface area (Å²) in [6.07, 6.45) is 5.88. The Bertz CT molecular complexity index is 1390. The quantitative estimate of drug-likeness (QED) is 0.376.